The van der Waals surface area contributed by atoms with Crippen LogP contribution in [0.1, 0.15) is 57.8 Å². The van der Waals surface area contributed by atoms with Gasteiger partial charge < -0.3 is 0 Å². The van der Waals surface area contributed by atoms with E-state index in [1.54, 1.807) is 0 Å². The van der Waals surface area contributed by atoms with Gasteiger partial charge in [0.15, 0.2) is 0 Å². The second-order valence-electron chi connectivity index (χ2n) is 6.21. The van der Waals surface area contributed by atoms with Crippen molar-refractivity contribution in [2.75, 3.05) is 39.3 Å². The summed E-state index contributed by atoms with van der Waals surface area (Å²) in [5.41, 5.74) is 0. The maximum Gasteiger partial charge on any atom is 0.268 e. The van der Waals surface area contributed by atoms with Gasteiger partial charge in [-0.05, 0) is 38.5 Å². The monoisotopic (exact) mass is 324 g/mol. The number of hydrogen-bond acceptors (Lipinski definition) is 3. The van der Waals surface area contributed by atoms with E-state index in [9.17, 15) is 0 Å². The molecule has 0 spiro atoms. The van der Waals surface area contributed by atoms with Gasteiger partial charge in [0.2, 0.25) is 0 Å². The van der Waals surface area contributed by atoms with Gasteiger partial charge in [0.1, 0.15) is 0 Å². The van der Waals surface area contributed by atoms with Crippen LogP contribution in [0.2, 0.25) is 0 Å². The van der Waals surface area contributed by atoms with Crippen LogP contribution in [0.3, 0.4) is 0 Å². The standard InChI is InChI=1S/C15H30N3S.2FH/c1-4-10-16(11-5-1)19(17-12-6-2-7-13-17)18-14-8-3-9-15-18;;/h1-15H2;2*1H/q+1;;. The SMILES string of the molecule is C1CCN([S+](N2CCCCC2)N2CCCCC2)CC1.F.F. The van der Waals surface area contributed by atoms with Gasteiger partial charge in [-0.25, -0.2) is 0 Å². The third-order valence-electron chi connectivity index (χ3n) is 4.64. The van der Waals surface area contributed by atoms with Crippen molar-refractivity contribution < 1.29 is 9.41 Å². The van der Waals surface area contributed by atoms with E-state index in [4.69, 9.17) is 0 Å². The third kappa shape index (κ3) is 5.05. The Balaban J connectivity index is 0.00000110. The predicted octanol–water partition coefficient (Wildman–Crippen LogP) is 3.11. The molecule has 3 aliphatic heterocycles. The molecule has 3 aliphatic rings. The summed E-state index contributed by atoms with van der Waals surface area (Å²) in [6.45, 7) is 8.06. The predicted molar refractivity (Wildman–Crippen MR) is 88.6 cm³/mol. The van der Waals surface area contributed by atoms with Crippen molar-refractivity contribution in [3.63, 3.8) is 0 Å². The molecule has 0 atom stereocenters. The van der Waals surface area contributed by atoms with E-state index >= 15 is 0 Å². The van der Waals surface area contributed by atoms with Crippen LogP contribution in [0.25, 0.3) is 0 Å². The Kier molecular flexibility index (Phi) is 9.09. The highest BCUT2D eigenvalue weighted by molar-refractivity contribution is 7.90. The van der Waals surface area contributed by atoms with Crippen molar-refractivity contribution in [2.45, 2.75) is 57.8 Å². The van der Waals surface area contributed by atoms with Gasteiger partial charge in [-0.15, -0.1) is 0 Å². The van der Waals surface area contributed by atoms with Crippen molar-refractivity contribution in [3.8, 4) is 0 Å². The first-order chi connectivity index (χ1) is 9.45. The van der Waals surface area contributed by atoms with E-state index in [1.807, 2.05) is 0 Å². The first-order valence-corrected chi connectivity index (χ1v) is 9.54. The number of halogens is 2. The molecule has 3 fully saturated rings. The van der Waals surface area contributed by atoms with E-state index in [2.05, 4.69) is 12.9 Å². The first-order valence-electron chi connectivity index (χ1n) is 8.45. The average Bonchev–Trinajstić information content (AvgIpc) is 2.51. The molecule has 6 heteroatoms. The topological polar surface area (TPSA) is 9.72 Å². The van der Waals surface area contributed by atoms with Gasteiger partial charge in [-0.3, -0.25) is 9.41 Å². The molecule has 3 rings (SSSR count). The maximum absolute atomic E-state index is 2.82. The van der Waals surface area contributed by atoms with E-state index in [1.165, 1.54) is 97.1 Å². The Bertz CT molecular complexity index is 223. The Morgan fingerprint density at radius 1 is 0.381 bits per heavy atom. The second-order valence-corrected chi connectivity index (χ2v) is 8.25. The van der Waals surface area contributed by atoms with E-state index in [-0.39, 0.29) is 9.41 Å². The molecule has 3 nitrogen and oxygen atoms in total. The molecule has 0 unspecified atom stereocenters. The highest BCUT2D eigenvalue weighted by atomic mass is 32.2. The number of rotatable bonds is 3. The summed E-state index contributed by atoms with van der Waals surface area (Å²) in [4.78, 5) is 0. The lowest BCUT2D eigenvalue weighted by Crippen LogP contribution is -2.56. The van der Waals surface area contributed by atoms with Gasteiger partial charge >= 0.3 is 0 Å². The van der Waals surface area contributed by atoms with Crippen LogP contribution in [-0.2, 0) is 11.5 Å². The van der Waals surface area contributed by atoms with Gasteiger partial charge in [-0.2, -0.15) is 0 Å². The zero-order chi connectivity index (χ0) is 12.9. The maximum atomic E-state index is 2.82. The first kappa shape index (κ1) is 19.1. The van der Waals surface area contributed by atoms with Crippen molar-refractivity contribution in [1.29, 1.82) is 0 Å². The highest BCUT2D eigenvalue weighted by Gasteiger charge is 2.44. The normalized spacial score (nSPS) is 26.1. The quantitative estimate of drug-likeness (QED) is 0.739. The Hall–Kier alpha value is 0.0900. The molecule has 21 heavy (non-hydrogen) atoms. The molecule has 0 saturated carbocycles. The van der Waals surface area contributed by atoms with E-state index in [0.29, 0.717) is 11.5 Å². The zero-order valence-corrected chi connectivity index (χ0v) is 14.0. The van der Waals surface area contributed by atoms with Crippen molar-refractivity contribution in [2.24, 2.45) is 0 Å². The van der Waals surface area contributed by atoms with Crippen LogP contribution in [0.5, 0.6) is 0 Å². The molecular weight excluding hydrogens is 292 g/mol. The summed E-state index contributed by atoms with van der Waals surface area (Å²) in [7, 11) is 0. The molecule has 3 heterocycles. The van der Waals surface area contributed by atoms with Crippen LogP contribution >= 0.6 is 0 Å². The Morgan fingerprint density at radius 3 is 0.857 bits per heavy atom. The largest absolute Gasteiger partial charge is 0.269 e. The summed E-state index contributed by atoms with van der Waals surface area (Å²) in [6, 6.07) is 0. The summed E-state index contributed by atoms with van der Waals surface area (Å²) < 4.78 is 8.46. The third-order valence-corrected chi connectivity index (χ3v) is 7.12. The van der Waals surface area contributed by atoms with Crippen LogP contribution < -0.4 is 0 Å². The fraction of sp³-hybridized carbons (Fsp3) is 1.00. The lowest BCUT2D eigenvalue weighted by molar-refractivity contribution is 0.268. The summed E-state index contributed by atoms with van der Waals surface area (Å²) in [5, 5.41) is 0. The Morgan fingerprint density at radius 2 is 0.619 bits per heavy atom. The molecule has 3 saturated heterocycles. The lowest BCUT2D eigenvalue weighted by Gasteiger charge is -2.37. The van der Waals surface area contributed by atoms with E-state index < -0.39 is 0 Å². The molecule has 126 valence electrons. The molecule has 0 aromatic heterocycles. The van der Waals surface area contributed by atoms with Gasteiger partial charge in [0.25, 0.3) is 11.5 Å². The van der Waals surface area contributed by atoms with Crippen LogP contribution in [-0.4, -0.2) is 52.2 Å². The minimum absolute atomic E-state index is 0. The number of nitrogens with zero attached hydrogens (tertiary/aromatic N) is 3. The lowest BCUT2D eigenvalue weighted by atomic mass is 10.2. The zero-order valence-electron chi connectivity index (χ0n) is 13.2. The molecular formula is C15H32F2N3S+. The molecule has 0 N–H and O–H groups in total. The number of piperidine rings is 3. The average molecular weight is 325 g/mol. The van der Waals surface area contributed by atoms with Crippen LogP contribution in [0, 0.1) is 0 Å². The highest BCUT2D eigenvalue weighted by Crippen LogP contribution is 2.27. The molecule has 0 radical (unpaired) electrons. The summed E-state index contributed by atoms with van der Waals surface area (Å²) >= 11 is 0.316. The molecule has 0 aliphatic carbocycles. The van der Waals surface area contributed by atoms with Crippen molar-refractivity contribution in [1.82, 2.24) is 12.9 Å². The molecule has 0 aromatic rings. The van der Waals surface area contributed by atoms with Gasteiger partial charge in [-0.1, -0.05) is 32.2 Å². The van der Waals surface area contributed by atoms with Crippen LogP contribution in [0.4, 0.5) is 9.41 Å². The molecule has 0 amide bonds. The minimum Gasteiger partial charge on any atom is -0.269 e. The summed E-state index contributed by atoms with van der Waals surface area (Å²) in [6.07, 6.45) is 12.9. The fourth-order valence-electron chi connectivity index (χ4n) is 3.57. The minimum atomic E-state index is 0. The van der Waals surface area contributed by atoms with Crippen molar-refractivity contribution in [3.05, 3.63) is 0 Å². The smallest absolute Gasteiger partial charge is 0.268 e. The van der Waals surface area contributed by atoms with Gasteiger partial charge in [0.05, 0.1) is 0 Å². The molecule has 0 bridgehead atoms. The molecule has 0 aromatic carbocycles. The van der Waals surface area contributed by atoms with Crippen LogP contribution in [0.15, 0.2) is 0 Å². The summed E-state index contributed by atoms with van der Waals surface area (Å²) in [5.74, 6) is 0. The van der Waals surface area contributed by atoms with E-state index in [0.717, 1.165) is 0 Å². The second kappa shape index (κ2) is 9.98. The van der Waals surface area contributed by atoms with Crippen molar-refractivity contribution >= 4 is 11.5 Å². The van der Waals surface area contributed by atoms with Gasteiger partial charge in [0, 0.05) is 39.3 Å². The fourth-order valence-corrected chi connectivity index (χ4v) is 6.31. The number of hydrogen-bond donors (Lipinski definition) is 0. The Labute approximate surface area is 131 Å².